The molecule has 27 heavy (non-hydrogen) atoms. The first-order chi connectivity index (χ1) is 13.3. The van der Waals surface area contributed by atoms with Crippen LogP contribution in [-0.4, -0.2) is 59.8 Å². The molecule has 1 aromatic rings. The molecule has 0 aromatic heterocycles. The van der Waals surface area contributed by atoms with Gasteiger partial charge in [0.2, 0.25) is 0 Å². The Kier molecular flexibility index (Phi) is 5.28. The van der Waals surface area contributed by atoms with Gasteiger partial charge in [-0.25, -0.2) is 0 Å². The molecule has 148 valence electrons. The second kappa shape index (κ2) is 7.85. The summed E-state index contributed by atoms with van der Waals surface area (Å²) in [5.74, 6) is 4.08. The van der Waals surface area contributed by atoms with Crippen molar-refractivity contribution in [1.29, 1.82) is 0 Å². The molecule has 1 saturated heterocycles. The normalized spacial score (nSPS) is 39.1. The molecule has 4 aliphatic carbocycles. The highest BCUT2D eigenvalue weighted by atomic mass is 16.3. The van der Waals surface area contributed by atoms with E-state index in [4.69, 9.17) is 0 Å². The van der Waals surface area contributed by atoms with Gasteiger partial charge in [0.25, 0.3) is 0 Å². The summed E-state index contributed by atoms with van der Waals surface area (Å²) in [6, 6.07) is 12.3. The monoisotopic (exact) mass is 368 g/mol. The van der Waals surface area contributed by atoms with E-state index in [9.17, 15) is 5.11 Å². The van der Waals surface area contributed by atoms with E-state index < -0.39 is 0 Å². The molecule has 5 aliphatic rings. The third-order valence-corrected chi connectivity index (χ3v) is 8.23. The van der Waals surface area contributed by atoms with Gasteiger partial charge in [0, 0.05) is 44.9 Å². The summed E-state index contributed by atoms with van der Waals surface area (Å²) in [5.41, 5.74) is 1.43. The molecular weight excluding hydrogens is 332 g/mol. The third kappa shape index (κ3) is 3.71. The van der Waals surface area contributed by atoms with Crippen LogP contribution >= 0.6 is 0 Å². The van der Waals surface area contributed by atoms with Crippen LogP contribution in [0.2, 0.25) is 0 Å². The first-order valence-electron chi connectivity index (χ1n) is 11.4. The zero-order chi connectivity index (χ0) is 18.2. The molecule has 1 aromatic carbocycles. The Morgan fingerprint density at radius 1 is 0.889 bits per heavy atom. The minimum Gasteiger partial charge on any atom is -0.396 e. The van der Waals surface area contributed by atoms with Gasteiger partial charge in [0.1, 0.15) is 0 Å². The fraction of sp³-hybridized carbons (Fsp3) is 0.750. The number of benzene rings is 1. The molecule has 1 atom stereocenters. The van der Waals surface area contributed by atoms with Crippen LogP contribution in [0.4, 0.5) is 0 Å². The lowest BCUT2D eigenvalue weighted by Crippen LogP contribution is -2.62. The maximum atomic E-state index is 9.67. The highest BCUT2D eigenvalue weighted by Crippen LogP contribution is 2.55. The van der Waals surface area contributed by atoms with Gasteiger partial charge in [-0.2, -0.15) is 0 Å². The predicted octanol–water partition coefficient (Wildman–Crippen LogP) is 3.42. The van der Waals surface area contributed by atoms with Gasteiger partial charge in [-0.3, -0.25) is 9.80 Å². The summed E-state index contributed by atoms with van der Waals surface area (Å²) in [4.78, 5) is 5.53. The highest BCUT2D eigenvalue weighted by Gasteiger charge is 2.50. The molecule has 0 radical (unpaired) electrons. The maximum absolute atomic E-state index is 9.67. The standard InChI is InChI=1S/C24H36N2O/c27-11-7-23-17-26(10-9-25(23)8-6-18-4-2-1-3-5-18)24-21-13-19-12-20(15-21)16-22(24)14-19/h1-5,19-24,27H,6-17H2. The van der Waals surface area contributed by atoms with Gasteiger partial charge in [0.15, 0.2) is 0 Å². The molecule has 3 nitrogen and oxygen atoms in total. The van der Waals surface area contributed by atoms with Crippen LogP contribution in [0, 0.1) is 23.7 Å². The number of aliphatic hydroxyl groups excluding tert-OH is 1. The Hall–Kier alpha value is -0.900. The first-order valence-corrected chi connectivity index (χ1v) is 11.4. The smallest absolute Gasteiger partial charge is 0.0446 e. The molecule has 5 fully saturated rings. The van der Waals surface area contributed by atoms with Crippen molar-refractivity contribution < 1.29 is 5.11 Å². The summed E-state index contributed by atoms with van der Waals surface area (Å²) in [6.45, 7) is 5.05. The number of aliphatic hydroxyl groups is 1. The summed E-state index contributed by atoms with van der Waals surface area (Å²) in [6.07, 6.45) is 9.64. The van der Waals surface area contributed by atoms with Crippen LogP contribution in [0.25, 0.3) is 0 Å². The lowest BCUT2D eigenvalue weighted by molar-refractivity contribution is -0.0865. The molecule has 4 saturated carbocycles. The van der Waals surface area contributed by atoms with E-state index in [2.05, 4.69) is 40.1 Å². The van der Waals surface area contributed by atoms with Crippen molar-refractivity contribution in [2.75, 3.05) is 32.8 Å². The molecule has 6 rings (SSSR count). The SMILES string of the molecule is OCCC1CN(C2C3CC4CC(C3)CC2C4)CCN1CCc1ccccc1. The Bertz CT molecular complexity index is 590. The van der Waals surface area contributed by atoms with Crippen LogP contribution in [0.1, 0.15) is 44.1 Å². The van der Waals surface area contributed by atoms with Crippen molar-refractivity contribution in [3.05, 3.63) is 35.9 Å². The Morgan fingerprint density at radius 2 is 1.59 bits per heavy atom. The Morgan fingerprint density at radius 3 is 2.26 bits per heavy atom. The quantitative estimate of drug-likeness (QED) is 0.833. The Labute approximate surface area is 164 Å². The van der Waals surface area contributed by atoms with Crippen molar-refractivity contribution in [1.82, 2.24) is 9.80 Å². The number of hydrogen-bond donors (Lipinski definition) is 1. The van der Waals surface area contributed by atoms with Crippen molar-refractivity contribution in [2.24, 2.45) is 23.7 Å². The summed E-state index contributed by atoms with van der Waals surface area (Å²) >= 11 is 0. The van der Waals surface area contributed by atoms with Crippen LogP contribution < -0.4 is 0 Å². The second-order valence-electron chi connectivity index (χ2n) is 9.85. The van der Waals surface area contributed by atoms with E-state index in [1.165, 1.54) is 50.9 Å². The van der Waals surface area contributed by atoms with Crippen LogP contribution in [0.15, 0.2) is 30.3 Å². The fourth-order valence-electron chi connectivity index (χ4n) is 7.32. The van der Waals surface area contributed by atoms with Crippen molar-refractivity contribution >= 4 is 0 Å². The van der Waals surface area contributed by atoms with Crippen LogP contribution in [-0.2, 0) is 6.42 Å². The molecule has 4 bridgehead atoms. The van der Waals surface area contributed by atoms with Crippen LogP contribution in [0.5, 0.6) is 0 Å². The second-order valence-corrected chi connectivity index (χ2v) is 9.85. The third-order valence-electron chi connectivity index (χ3n) is 8.23. The lowest BCUT2D eigenvalue weighted by Gasteiger charge is -2.59. The average Bonchev–Trinajstić information content (AvgIpc) is 2.67. The van der Waals surface area contributed by atoms with Gasteiger partial charge in [-0.1, -0.05) is 30.3 Å². The zero-order valence-electron chi connectivity index (χ0n) is 16.7. The van der Waals surface area contributed by atoms with Crippen molar-refractivity contribution in [3.63, 3.8) is 0 Å². The summed E-state index contributed by atoms with van der Waals surface area (Å²) in [7, 11) is 0. The van der Waals surface area contributed by atoms with Gasteiger partial charge >= 0.3 is 0 Å². The molecule has 1 N–H and O–H groups in total. The van der Waals surface area contributed by atoms with Crippen molar-refractivity contribution in [3.8, 4) is 0 Å². The molecule has 3 heteroatoms. The minimum absolute atomic E-state index is 0.321. The molecule has 1 heterocycles. The molecule has 1 aliphatic heterocycles. The van der Waals surface area contributed by atoms with Crippen LogP contribution in [0.3, 0.4) is 0 Å². The average molecular weight is 369 g/mol. The van der Waals surface area contributed by atoms with Crippen molar-refractivity contribution in [2.45, 2.75) is 57.0 Å². The number of rotatable bonds is 6. The van der Waals surface area contributed by atoms with Gasteiger partial charge in [0.05, 0.1) is 0 Å². The molecular formula is C24H36N2O. The minimum atomic E-state index is 0.321. The van der Waals surface area contributed by atoms with E-state index >= 15 is 0 Å². The van der Waals surface area contributed by atoms with Gasteiger partial charge in [-0.15, -0.1) is 0 Å². The molecule has 1 unspecified atom stereocenters. The zero-order valence-corrected chi connectivity index (χ0v) is 16.7. The molecule has 0 spiro atoms. The highest BCUT2D eigenvalue weighted by molar-refractivity contribution is 5.15. The van der Waals surface area contributed by atoms with E-state index in [1.54, 1.807) is 6.42 Å². The lowest BCUT2D eigenvalue weighted by atomic mass is 9.53. The summed E-state index contributed by atoms with van der Waals surface area (Å²) < 4.78 is 0. The maximum Gasteiger partial charge on any atom is 0.0446 e. The van der Waals surface area contributed by atoms with Gasteiger partial charge < -0.3 is 5.11 Å². The summed E-state index contributed by atoms with van der Waals surface area (Å²) in [5, 5.41) is 9.67. The number of hydrogen-bond acceptors (Lipinski definition) is 3. The Balaban J connectivity index is 1.23. The largest absolute Gasteiger partial charge is 0.396 e. The topological polar surface area (TPSA) is 26.7 Å². The number of nitrogens with zero attached hydrogens (tertiary/aromatic N) is 2. The van der Waals surface area contributed by atoms with Gasteiger partial charge in [-0.05, 0) is 74.2 Å². The van der Waals surface area contributed by atoms with E-state index in [0.717, 1.165) is 49.1 Å². The number of piperazine rings is 1. The van der Waals surface area contributed by atoms with E-state index in [0.29, 0.717) is 12.6 Å². The first kappa shape index (κ1) is 18.1. The van der Waals surface area contributed by atoms with E-state index in [-0.39, 0.29) is 0 Å². The predicted molar refractivity (Wildman–Crippen MR) is 110 cm³/mol. The fourth-order valence-corrected chi connectivity index (χ4v) is 7.32. The molecule has 0 amide bonds. The van der Waals surface area contributed by atoms with E-state index in [1.807, 2.05) is 0 Å².